The summed E-state index contributed by atoms with van der Waals surface area (Å²) in [5.41, 5.74) is 0.510. The van der Waals surface area contributed by atoms with Crippen molar-refractivity contribution in [1.82, 2.24) is 19.7 Å². The van der Waals surface area contributed by atoms with Gasteiger partial charge in [0, 0.05) is 12.1 Å². The number of benzene rings is 1. The number of hydrogen-bond donors (Lipinski definition) is 0. The maximum absolute atomic E-state index is 12.7. The summed E-state index contributed by atoms with van der Waals surface area (Å²) in [5, 5.41) is 4.10. The molecule has 0 spiro atoms. The first-order chi connectivity index (χ1) is 11.5. The number of rotatable bonds is 5. The minimum absolute atomic E-state index is 0.0480. The molecule has 0 bridgehead atoms. The van der Waals surface area contributed by atoms with Gasteiger partial charge in [-0.15, -0.1) is 0 Å². The molecule has 24 heavy (non-hydrogen) atoms. The Kier molecular flexibility index (Phi) is 4.66. The van der Waals surface area contributed by atoms with Crippen LogP contribution >= 0.6 is 0 Å². The number of aromatic nitrogens is 3. The third-order valence-corrected chi connectivity index (χ3v) is 6.09. The molecular weight excluding hydrogens is 328 g/mol. The van der Waals surface area contributed by atoms with Crippen molar-refractivity contribution in [3.63, 3.8) is 0 Å². The quantitative estimate of drug-likeness (QED) is 0.815. The number of sulfone groups is 1. The summed E-state index contributed by atoms with van der Waals surface area (Å²) in [7, 11) is -3.25. The van der Waals surface area contributed by atoms with Crippen molar-refractivity contribution in [1.29, 1.82) is 0 Å². The first kappa shape index (κ1) is 16.6. The molecule has 0 aliphatic carbocycles. The zero-order valence-electron chi connectivity index (χ0n) is 13.5. The Balaban J connectivity index is 1.75. The highest BCUT2D eigenvalue weighted by molar-refractivity contribution is 7.91. The molecule has 7 nitrogen and oxygen atoms in total. The lowest BCUT2D eigenvalue weighted by atomic mass is 10.1. The van der Waals surface area contributed by atoms with Gasteiger partial charge >= 0.3 is 0 Å². The van der Waals surface area contributed by atoms with E-state index >= 15 is 0 Å². The fourth-order valence-electron chi connectivity index (χ4n) is 2.97. The van der Waals surface area contributed by atoms with Gasteiger partial charge in [0.25, 0.3) is 5.91 Å². The third kappa shape index (κ3) is 3.33. The lowest BCUT2D eigenvalue weighted by molar-refractivity contribution is 0.0721. The van der Waals surface area contributed by atoms with Crippen LogP contribution in [0.4, 0.5) is 0 Å². The summed E-state index contributed by atoms with van der Waals surface area (Å²) >= 11 is 0. The molecule has 1 fully saturated rings. The molecule has 0 N–H and O–H groups in total. The van der Waals surface area contributed by atoms with Gasteiger partial charge in [-0.05, 0) is 37.1 Å². The van der Waals surface area contributed by atoms with Crippen LogP contribution in [0.25, 0.3) is 0 Å². The molecule has 1 aromatic carbocycles. The number of carbonyl (C=O) groups is 1. The fourth-order valence-corrected chi connectivity index (χ4v) is 3.86. The van der Waals surface area contributed by atoms with E-state index in [-0.39, 0.29) is 22.6 Å². The SMILES string of the molecule is CCS(=O)(=O)c1ccc(C(=O)N2CCC[C@H]2Cn2cncn2)cc1. The van der Waals surface area contributed by atoms with Gasteiger partial charge in [0.1, 0.15) is 12.7 Å². The Bertz CT molecular complexity index is 800. The van der Waals surface area contributed by atoms with Crippen LogP contribution in [0.15, 0.2) is 41.8 Å². The average molecular weight is 348 g/mol. The highest BCUT2D eigenvalue weighted by Crippen LogP contribution is 2.22. The summed E-state index contributed by atoms with van der Waals surface area (Å²) in [6.45, 7) is 2.93. The van der Waals surface area contributed by atoms with Gasteiger partial charge in [0.2, 0.25) is 0 Å². The normalized spacial score (nSPS) is 18.0. The third-order valence-electron chi connectivity index (χ3n) is 4.34. The van der Waals surface area contributed by atoms with Gasteiger partial charge in [-0.1, -0.05) is 6.92 Å². The van der Waals surface area contributed by atoms with E-state index in [1.54, 1.807) is 30.1 Å². The predicted octanol–water partition coefficient (Wildman–Crippen LogP) is 1.38. The lowest BCUT2D eigenvalue weighted by Gasteiger charge is -2.24. The number of likely N-dealkylation sites (tertiary alicyclic amines) is 1. The minimum atomic E-state index is -3.25. The highest BCUT2D eigenvalue weighted by Gasteiger charge is 2.30. The number of nitrogens with zero attached hydrogens (tertiary/aromatic N) is 4. The van der Waals surface area contributed by atoms with Crippen LogP contribution in [0.3, 0.4) is 0 Å². The van der Waals surface area contributed by atoms with Crippen molar-refractivity contribution in [3.05, 3.63) is 42.5 Å². The summed E-state index contributed by atoms with van der Waals surface area (Å²) in [5.74, 6) is -0.0232. The van der Waals surface area contributed by atoms with Crippen molar-refractivity contribution >= 4 is 15.7 Å². The van der Waals surface area contributed by atoms with Crippen molar-refractivity contribution < 1.29 is 13.2 Å². The topological polar surface area (TPSA) is 85.2 Å². The van der Waals surface area contributed by atoms with Gasteiger partial charge in [-0.3, -0.25) is 9.48 Å². The molecule has 0 radical (unpaired) electrons. The maximum atomic E-state index is 12.7. The molecule has 1 aromatic heterocycles. The standard InChI is InChI=1S/C16H20N4O3S/c1-2-24(22,23)15-7-5-13(6-8-15)16(21)20-9-3-4-14(20)10-19-12-17-11-18-19/h5-8,11-12,14H,2-4,9-10H2,1H3/t14-/m0/s1. The van der Waals surface area contributed by atoms with Crippen LogP contribution in [-0.4, -0.2) is 52.3 Å². The smallest absolute Gasteiger partial charge is 0.254 e. The highest BCUT2D eigenvalue weighted by atomic mass is 32.2. The number of hydrogen-bond acceptors (Lipinski definition) is 5. The Morgan fingerprint density at radius 1 is 1.29 bits per heavy atom. The monoisotopic (exact) mass is 348 g/mol. The second-order valence-corrected chi connectivity index (χ2v) is 8.12. The van der Waals surface area contributed by atoms with E-state index in [4.69, 9.17) is 0 Å². The van der Waals surface area contributed by atoms with Crippen LogP contribution in [0.2, 0.25) is 0 Å². The summed E-state index contributed by atoms with van der Waals surface area (Å²) in [4.78, 5) is 18.8. The van der Waals surface area contributed by atoms with Crippen LogP contribution < -0.4 is 0 Å². The molecule has 1 amide bonds. The fraction of sp³-hybridized carbons (Fsp3) is 0.438. The van der Waals surface area contributed by atoms with E-state index in [9.17, 15) is 13.2 Å². The maximum Gasteiger partial charge on any atom is 0.254 e. The van der Waals surface area contributed by atoms with Crippen LogP contribution in [-0.2, 0) is 16.4 Å². The van der Waals surface area contributed by atoms with Crippen LogP contribution in [0.1, 0.15) is 30.1 Å². The van der Waals surface area contributed by atoms with E-state index in [2.05, 4.69) is 10.1 Å². The molecule has 128 valence electrons. The molecule has 1 aliphatic heterocycles. The van der Waals surface area contributed by atoms with E-state index in [0.29, 0.717) is 18.7 Å². The Hall–Kier alpha value is -2.22. The molecule has 8 heteroatoms. The average Bonchev–Trinajstić information content (AvgIpc) is 3.27. The van der Waals surface area contributed by atoms with Crippen LogP contribution in [0, 0.1) is 0 Å². The molecule has 2 aromatic rings. The number of carbonyl (C=O) groups excluding carboxylic acids is 1. The summed E-state index contributed by atoms with van der Waals surface area (Å²) in [6, 6.07) is 6.28. The Morgan fingerprint density at radius 3 is 2.67 bits per heavy atom. The molecule has 1 saturated heterocycles. The van der Waals surface area contributed by atoms with E-state index in [0.717, 1.165) is 12.8 Å². The lowest BCUT2D eigenvalue weighted by Crippen LogP contribution is -2.38. The van der Waals surface area contributed by atoms with Gasteiger partial charge in [0.05, 0.1) is 23.2 Å². The van der Waals surface area contributed by atoms with E-state index in [1.807, 2.05) is 4.90 Å². The largest absolute Gasteiger partial charge is 0.334 e. The Morgan fingerprint density at radius 2 is 2.04 bits per heavy atom. The molecule has 1 atom stereocenters. The van der Waals surface area contributed by atoms with Crippen molar-refractivity contribution in [2.75, 3.05) is 12.3 Å². The molecule has 3 rings (SSSR count). The molecule has 0 unspecified atom stereocenters. The zero-order valence-corrected chi connectivity index (χ0v) is 14.3. The molecule has 2 heterocycles. The predicted molar refractivity (Wildman–Crippen MR) is 88.2 cm³/mol. The van der Waals surface area contributed by atoms with Crippen molar-refractivity contribution in [2.24, 2.45) is 0 Å². The van der Waals surface area contributed by atoms with Crippen LogP contribution in [0.5, 0.6) is 0 Å². The first-order valence-corrected chi connectivity index (χ1v) is 9.62. The molecule has 0 saturated carbocycles. The van der Waals surface area contributed by atoms with Gasteiger partial charge < -0.3 is 4.90 Å². The summed E-state index contributed by atoms with van der Waals surface area (Å²) in [6.07, 6.45) is 5.00. The molecular formula is C16H20N4O3S. The minimum Gasteiger partial charge on any atom is -0.334 e. The van der Waals surface area contributed by atoms with E-state index < -0.39 is 9.84 Å². The van der Waals surface area contributed by atoms with Crippen molar-refractivity contribution in [3.8, 4) is 0 Å². The second kappa shape index (κ2) is 6.72. The van der Waals surface area contributed by atoms with Crippen molar-refractivity contribution in [2.45, 2.75) is 37.2 Å². The van der Waals surface area contributed by atoms with E-state index in [1.165, 1.54) is 18.5 Å². The summed E-state index contributed by atoms with van der Waals surface area (Å²) < 4.78 is 25.4. The number of amides is 1. The Labute approximate surface area is 141 Å². The van der Waals surface area contributed by atoms with Gasteiger partial charge in [-0.2, -0.15) is 5.10 Å². The van der Waals surface area contributed by atoms with Gasteiger partial charge in [0.15, 0.2) is 9.84 Å². The zero-order chi connectivity index (χ0) is 17.2. The molecule has 1 aliphatic rings. The first-order valence-electron chi connectivity index (χ1n) is 7.97. The second-order valence-electron chi connectivity index (χ2n) is 5.84. The van der Waals surface area contributed by atoms with Gasteiger partial charge in [-0.25, -0.2) is 13.4 Å².